The smallest absolute Gasteiger partial charge is 0.252 e. The van der Waals surface area contributed by atoms with Crippen LogP contribution in [0.1, 0.15) is 27.9 Å². The molecule has 0 aliphatic rings. The Bertz CT molecular complexity index is 1320. The van der Waals surface area contributed by atoms with Crippen molar-refractivity contribution in [2.24, 2.45) is 5.73 Å². The molecule has 168 valence electrons. The Balaban J connectivity index is 2.16. The van der Waals surface area contributed by atoms with Crippen molar-refractivity contribution >= 4 is 43.9 Å². The molecule has 3 aromatic rings. The molecule has 0 aliphatic carbocycles. The SMILES string of the molecule is Cc1cccc(Nc2c(C(N)=O)cnc3c(C)cc(S(=O)(=O)CCC(=O)N(C)C)cc23)c1. The number of carbonyl (C=O) groups is 2. The molecule has 0 atom stereocenters. The Morgan fingerprint density at radius 1 is 1.12 bits per heavy atom. The van der Waals surface area contributed by atoms with E-state index in [1.54, 1.807) is 21.0 Å². The quantitative estimate of drug-likeness (QED) is 0.566. The number of hydrogen-bond donors (Lipinski definition) is 2. The Morgan fingerprint density at radius 2 is 1.84 bits per heavy atom. The molecule has 0 radical (unpaired) electrons. The summed E-state index contributed by atoms with van der Waals surface area (Å²) in [6.45, 7) is 3.69. The lowest BCUT2D eigenvalue weighted by Gasteiger charge is -2.16. The number of nitrogens with zero attached hydrogens (tertiary/aromatic N) is 2. The second-order valence-corrected chi connectivity index (χ2v) is 10.0. The highest BCUT2D eigenvalue weighted by Crippen LogP contribution is 2.33. The van der Waals surface area contributed by atoms with Crippen molar-refractivity contribution in [3.05, 3.63) is 59.3 Å². The number of pyridine rings is 1. The molecule has 0 saturated carbocycles. The van der Waals surface area contributed by atoms with Crippen LogP contribution < -0.4 is 11.1 Å². The molecule has 0 spiro atoms. The maximum absolute atomic E-state index is 13.0. The minimum absolute atomic E-state index is 0.0600. The van der Waals surface area contributed by atoms with Crippen LogP contribution >= 0.6 is 0 Å². The van der Waals surface area contributed by atoms with Gasteiger partial charge < -0.3 is 16.0 Å². The summed E-state index contributed by atoms with van der Waals surface area (Å²) in [4.78, 5) is 29.8. The zero-order chi connectivity index (χ0) is 23.6. The van der Waals surface area contributed by atoms with Crippen LogP contribution in [0.3, 0.4) is 0 Å². The topological polar surface area (TPSA) is 122 Å². The van der Waals surface area contributed by atoms with Crippen LogP contribution in [-0.2, 0) is 14.6 Å². The molecule has 9 heteroatoms. The van der Waals surface area contributed by atoms with Crippen molar-refractivity contribution in [1.29, 1.82) is 0 Å². The minimum Gasteiger partial charge on any atom is -0.365 e. The first-order chi connectivity index (χ1) is 15.0. The average molecular weight is 455 g/mol. The zero-order valence-electron chi connectivity index (χ0n) is 18.5. The lowest BCUT2D eigenvalue weighted by molar-refractivity contribution is -0.128. The van der Waals surface area contributed by atoms with Gasteiger partial charge in [0.05, 0.1) is 27.4 Å². The van der Waals surface area contributed by atoms with E-state index in [0.29, 0.717) is 22.2 Å². The van der Waals surface area contributed by atoms with Gasteiger partial charge in [0.1, 0.15) is 0 Å². The summed E-state index contributed by atoms with van der Waals surface area (Å²) in [6, 6.07) is 10.6. The summed E-state index contributed by atoms with van der Waals surface area (Å²) in [5.41, 5.74) is 9.03. The van der Waals surface area contributed by atoms with E-state index in [0.717, 1.165) is 11.3 Å². The molecule has 1 aromatic heterocycles. The third-order valence-electron chi connectivity index (χ3n) is 5.13. The molecule has 32 heavy (non-hydrogen) atoms. The number of carbonyl (C=O) groups excluding carboxylic acids is 2. The fourth-order valence-electron chi connectivity index (χ4n) is 3.38. The molecule has 0 fully saturated rings. The first-order valence-electron chi connectivity index (χ1n) is 9.99. The Labute approximate surface area is 187 Å². The average Bonchev–Trinajstić information content (AvgIpc) is 2.72. The van der Waals surface area contributed by atoms with Crippen LogP contribution in [0.4, 0.5) is 11.4 Å². The van der Waals surface area contributed by atoms with Gasteiger partial charge in [0.25, 0.3) is 5.91 Å². The lowest BCUT2D eigenvalue weighted by atomic mass is 10.0. The molecular formula is C23H26N4O4S. The number of aromatic nitrogens is 1. The summed E-state index contributed by atoms with van der Waals surface area (Å²) in [7, 11) is -0.594. The molecule has 2 amide bonds. The number of nitrogens with one attached hydrogen (secondary N) is 1. The third kappa shape index (κ3) is 4.88. The van der Waals surface area contributed by atoms with Gasteiger partial charge in [0.2, 0.25) is 5.91 Å². The highest BCUT2D eigenvalue weighted by atomic mass is 32.2. The van der Waals surface area contributed by atoms with Crippen molar-refractivity contribution in [3.63, 3.8) is 0 Å². The molecule has 2 aromatic carbocycles. The molecule has 0 aliphatic heterocycles. The lowest BCUT2D eigenvalue weighted by Crippen LogP contribution is -2.24. The summed E-state index contributed by atoms with van der Waals surface area (Å²) >= 11 is 0. The predicted molar refractivity (Wildman–Crippen MR) is 125 cm³/mol. The number of fused-ring (bicyclic) bond motifs is 1. The Kier molecular flexibility index (Phi) is 6.50. The van der Waals surface area contributed by atoms with Gasteiger partial charge in [-0.2, -0.15) is 0 Å². The van der Waals surface area contributed by atoms with Gasteiger partial charge in [-0.3, -0.25) is 14.6 Å². The van der Waals surface area contributed by atoms with E-state index in [1.165, 1.54) is 23.2 Å². The summed E-state index contributed by atoms with van der Waals surface area (Å²) < 4.78 is 26.0. The number of primary amides is 1. The Hall–Kier alpha value is -3.46. The van der Waals surface area contributed by atoms with E-state index in [1.807, 2.05) is 31.2 Å². The van der Waals surface area contributed by atoms with Gasteiger partial charge in [-0.1, -0.05) is 12.1 Å². The molecule has 0 bridgehead atoms. The van der Waals surface area contributed by atoms with Crippen molar-refractivity contribution in [3.8, 4) is 0 Å². The van der Waals surface area contributed by atoms with E-state index in [-0.39, 0.29) is 28.5 Å². The Morgan fingerprint density at radius 3 is 2.47 bits per heavy atom. The molecule has 0 unspecified atom stereocenters. The first-order valence-corrected chi connectivity index (χ1v) is 11.6. The number of nitrogens with two attached hydrogens (primary N) is 1. The maximum atomic E-state index is 13.0. The number of benzene rings is 2. The van der Waals surface area contributed by atoms with Crippen LogP contribution in [0.25, 0.3) is 10.9 Å². The summed E-state index contributed by atoms with van der Waals surface area (Å²) in [5, 5.41) is 3.67. The second kappa shape index (κ2) is 8.96. The van der Waals surface area contributed by atoms with Crippen molar-refractivity contribution in [1.82, 2.24) is 9.88 Å². The van der Waals surface area contributed by atoms with E-state index in [2.05, 4.69) is 10.3 Å². The fraction of sp³-hybridized carbons (Fsp3) is 0.261. The maximum Gasteiger partial charge on any atom is 0.252 e. The van der Waals surface area contributed by atoms with Crippen LogP contribution in [0, 0.1) is 13.8 Å². The molecular weight excluding hydrogens is 428 g/mol. The first kappa shape index (κ1) is 23.2. The van der Waals surface area contributed by atoms with Crippen molar-refractivity contribution in [2.45, 2.75) is 25.2 Å². The standard InChI is InChI=1S/C23H26N4O4S/c1-14-6-5-7-16(10-14)26-22-18-12-17(32(30,31)9-8-20(28)27(3)4)11-15(2)21(18)25-13-19(22)23(24)29/h5-7,10-13H,8-9H2,1-4H3,(H2,24,29)(H,25,26). The second-order valence-electron chi connectivity index (χ2n) is 7.90. The van der Waals surface area contributed by atoms with E-state index in [4.69, 9.17) is 5.73 Å². The van der Waals surface area contributed by atoms with Crippen molar-refractivity contribution in [2.75, 3.05) is 25.2 Å². The molecule has 0 saturated heterocycles. The highest BCUT2D eigenvalue weighted by Gasteiger charge is 2.22. The number of anilines is 2. The molecule has 1 heterocycles. The monoisotopic (exact) mass is 454 g/mol. The van der Waals surface area contributed by atoms with E-state index in [9.17, 15) is 18.0 Å². The van der Waals surface area contributed by atoms with Crippen LogP contribution in [0.5, 0.6) is 0 Å². The predicted octanol–water partition coefficient (Wildman–Crippen LogP) is 2.95. The van der Waals surface area contributed by atoms with E-state index >= 15 is 0 Å². The molecule has 8 nitrogen and oxygen atoms in total. The molecule has 3 rings (SSSR count). The van der Waals surface area contributed by atoms with Gasteiger partial charge in [-0.05, 0) is 49.2 Å². The van der Waals surface area contributed by atoms with Crippen LogP contribution in [-0.4, -0.2) is 50.0 Å². The number of rotatable bonds is 7. The number of amides is 2. The van der Waals surface area contributed by atoms with Gasteiger partial charge in [-0.25, -0.2) is 8.42 Å². The number of aryl methyl sites for hydroxylation is 2. The number of hydrogen-bond acceptors (Lipinski definition) is 6. The summed E-state index contributed by atoms with van der Waals surface area (Å²) in [5.74, 6) is -1.28. The van der Waals surface area contributed by atoms with Crippen LogP contribution in [0.2, 0.25) is 0 Å². The minimum atomic E-state index is -3.75. The van der Waals surface area contributed by atoms with Crippen LogP contribution in [0.15, 0.2) is 47.5 Å². The largest absolute Gasteiger partial charge is 0.365 e. The van der Waals surface area contributed by atoms with E-state index < -0.39 is 15.7 Å². The zero-order valence-corrected chi connectivity index (χ0v) is 19.3. The fourth-order valence-corrected chi connectivity index (χ4v) is 4.71. The molecule has 3 N–H and O–H groups in total. The van der Waals surface area contributed by atoms with Gasteiger partial charge in [0, 0.05) is 37.8 Å². The van der Waals surface area contributed by atoms with Crippen molar-refractivity contribution < 1.29 is 18.0 Å². The third-order valence-corrected chi connectivity index (χ3v) is 6.83. The summed E-state index contributed by atoms with van der Waals surface area (Å²) in [6.07, 6.45) is 1.26. The van der Waals surface area contributed by atoms with Gasteiger partial charge >= 0.3 is 0 Å². The van der Waals surface area contributed by atoms with Gasteiger partial charge in [0.15, 0.2) is 9.84 Å². The van der Waals surface area contributed by atoms with Gasteiger partial charge in [-0.15, -0.1) is 0 Å². The number of sulfone groups is 1. The highest BCUT2D eigenvalue weighted by molar-refractivity contribution is 7.91. The normalized spacial score (nSPS) is 11.4.